The second-order valence-corrected chi connectivity index (χ2v) is 3.85. The molecule has 1 heterocycles. The van der Waals surface area contributed by atoms with E-state index in [0.29, 0.717) is 6.07 Å². The zero-order chi connectivity index (χ0) is 14.7. The summed E-state index contributed by atoms with van der Waals surface area (Å²) in [4.78, 5) is 15.6. The molecule has 0 saturated carbocycles. The maximum atomic E-state index is 13.5. The third-order valence-corrected chi connectivity index (χ3v) is 2.45. The molecule has 7 heteroatoms. The van der Waals surface area contributed by atoms with Crippen molar-refractivity contribution in [1.82, 2.24) is 4.98 Å². The Labute approximate surface area is 112 Å². The number of aromatic nitrogens is 1. The molecule has 0 aliphatic rings. The van der Waals surface area contributed by atoms with Gasteiger partial charge in [-0.1, -0.05) is 0 Å². The minimum absolute atomic E-state index is 0.0212. The number of anilines is 2. The first-order valence-corrected chi connectivity index (χ1v) is 5.43. The highest BCUT2D eigenvalue weighted by Crippen LogP contribution is 2.24. The van der Waals surface area contributed by atoms with Crippen molar-refractivity contribution in [1.29, 1.82) is 5.26 Å². The third-order valence-electron chi connectivity index (χ3n) is 2.45. The summed E-state index contributed by atoms with van der Waals surface area (Å²) >= 11 is 0. The summed E-state index contributed by atoms with van der Waals surface area (Å²) < 4.78 is 26.4. The van der Waals surface area contributed by atoms with Crippen LogP contribution in [0.4, 0.5) is 20.2 Å². The molecule has 1 aromatic carbocycles. The molecule has 0 aliphatic carbocycles. The van der Waals surface area contributed by atoms with Crippen LogP contribution in [-0.4, -0.2) is 10.9 Å². The van der Waals surface area contributed by atoms with Gasteiger partial charge in [-0.05, 0) is 18.2 Å². The molecule has 0 spiro atoms. The SMILES string of the molecule is N#Cc1ccc(C(=O)Nc2c(N)cc(F)cc2F)nc1. The summed E-state index contributed by atoms with van der Waals surface area (Å²) in [7, 11) is 0. The Bertz CT molecular complexity index is 684. The molecule has 20 heavy (non-hydrogen) atoms. The number of pyridine rings is 1. The first-order chi connectivity index (χ1) is 9.51. The van der Waals surface area contributed by atoms with E-state index in [1.54, 1.807) is 0 Å². The van der Waals surface area contributed by atoms with Gasteiger partial charge in [0.2, 0.25) is 0 Å². The molecule has 0 radical (unpaired) electrons. The number of nitrogens with two attached hydrogens (primary N) is 1. The fourth-order valence-corrected chi connectivity index (χ4v) is 1.50. The molecule has 3 N–H and O–H groups in total. The maximum absolute atomic E-state index is 13.5. The van der Waals surface area contributed by atoms with Crippen molar-refractivity contribution in [2.24, 2.45) is 0 Å². The number of nitrogen functional groups attached to an aromatic ring is 1. The number of nitrogens with zero attached hydrogens (tertiary/aromatic N) is 2. The lowest BCUT2D eigenvalue weighted by Gasteiger charge is -2.09. The van der Waals surface area contributed by atoms with Gasteiger partial charge >= 0.3 is 0 Å². The molecule has 0 atom stereocenters. The van der Waals surface area contributed by atoms with Crippen LogP contribution < -0.4 is 11.1 Å². The van der Waals surface area contributed by atoms with E-state index in [1.165, 1.54) is 18.3 Å². The fraction of sp³-hybridized carbons (Fsp3) is 0. The number of rotatable bonds is 2. The summed E-state index contributed by atoms with van der Waals surface area (Å²) in [5, 5.41) is 10.8. The van der Waals surface area contributed by atoms with Crippen molar-refractivity contribution in [3.8, 4) is 6.07 Å². The molecule has 2 rings (SSSR count). The van der Waals surface area contributed by atoms with Crippen LogP contribution in [0.15, 0.2) is 30.5 Å². The van der Waals surface area contributed by atoms with Gasteiger partial charge < -0.3 is 11.1 Å². The standard InChI is InChI=1S/C13H8F2N4O/c14-8-3-9(15)12(10(17)4-8)19-13(20)11-2-1-7(5-16)6-18-11/h1-4,6H,17H2,(H,19,20). The number of hydrogen-bond donors (Lipinski definition) is 2. The molecule has 5 nitrogen and oxygen atoms in total. The molecule has 0 aliphatic heterocycles. The first kappa shape index (κ1) is 13.4. The Kier molecular flexibility index (Phi) is 3.57. The smallest absolute Gasteiger partial charge is 0.274 e. The van der Waals surface area contributed by atoms with E-state index in [2.05, 4.69) is 10.3 Å². The summed E-state index contributed by atoms with van der Waals surface area (Å²) in [6, 6.07) is 6.06. The van der Waals surface area contributed by atoms with E-state index in [4.69, 9.17) is 11.0 Å². The molecule has 0 fully saturated rings. The van der Waals surface area contributed by atoms with Gasteiger partial charge in [0.15, 0.2) is 5.82 Å². The molecular weight excluding hydrogens is 266 g/mol. The quantitative estimate of drug-likeness (QED) is 0.820. The van der Waals surface area contributed by atoms with Crippen LogP contribution in [-0.2, 0) is 0 Å². The molecule has 100 valence electrons. The van der Waals surface area contributed by atoms with Crippen LogP contribution in [0.5, 0.6) is 0 Å². The number of carbonyl (C=O) groups excluding carboxylic acids is 1. The monoisotopic (exact) mass is 274 g/mol. The van der Waals surface area contributed by atoms with Crippen LogP contribution in [0.25, 0.3) is 0 Å². The first-order valence-electron chi connectivity index (χ1n) is 5.43. The van der Waals surface area contributed by atoms with Crippen molar-refractivity contribution in [3.63, 3.8) is 0 Å². The van der Waals surface area contributed by atoms with Gasteiger partial charge in [-0.15, -0.1) is 0 Å². The van der Waals surface area contributed by atoms with Gasteiger partial charge in [0, 0.05) is 12.3 Å². The molecule has 2 aromatic rings. The van der Waals surface area contributed by atoms with E-state index < -0.39 is 17.5 Å². The third kappa shape index (κ3) is 2.70. The topological polar surface area (TPSA) is 91.8 Å². The van der Waals surface area contributed by atoms with Crippen molar-refractivity contribution in [2.45, 2.75) is 0 Å². The Morgan fingerprint density at radius 1 is 1.35 bits per heavy atom. The van der Waals surface area contributed by atoms with Gasteiger partial charge in [-0.25, -0.2) is 13.8 Å². The molecule has 0 bridgehead atoms. The van der Waals surface area contributed by atoms with Crippen LogP contribution in [0.3, 0.4) is 0 Å². The number of hydrogen-bond acceptors (Lipinski definition) is 4. The minimum Gasteiger partial charge on any atom is -0.397 e. The Morgan fingerprint density at radius 2 is 2.10 bits per heavy atom. The Morgan fingerprint density at radius 3 is 2.65 bits per heavy atom. The lowest BCUT2D eigenvalue weighted by atomic mass is 10.2. The number of benzene rings is 1. The normalized spacial score (nSPS) is 9.85. The van der Waals surface area contributed by atoms with Crippen molar-refractivity contribution < 1.29 is 13.6 Å². The second kappa shape index (κ2) is 5.32. The molecule has 0 unspecified atom stereocenters. The number of nitriles is 1. The number of amides is 1. The molecule has 1 aromatic heterocycles. The number of nitrogens with one attached hydrogen (secondary N) is 1. The molecule has 1 amide bonds. The van der Waals surface area contributed by atoms with Gasteiger partial charge in [0.25, 0.3) is 5.91 Å². The summed E-state index contributed by atoms with van der Waals surface area (Å²) in [5.41, 5.74) is 5.15. The van der Waals surface area contributed by atoms with Gasteiger partial charge in [0.05, 0.1) is 11.3 Å². The Balaban J connectivity index is 2.26. The predicted octanol–water partition coefficient (Wildman–Crippen LogP) is 2.07. The average Bonchev–Trinajstić information content (AvgIpc) is 2.42. The lowest BCUT2D eigenvalue weighted by Crippen LogP contribution is -2.16. The zero-order valence-electron chi connectivity index (χ0n) is 10.0. The predicted molar refractivity (Wildman–Crippen MR) is 67.7 cm³/mol. The molecular formula is C13H8F2N4O. The minimum atomic E-state index is -0.982. The van der Waals surface area contributed by atoms with Gasteiger partial charge in [-0.2, -0.15) is 5.26 Å². The van der Waals surface area contributed by atoms with E-state index in [0.717, 1.165) is 6.07 Å². The largest absolute Gasteiger partial charge is 0.397 e. The van der Waals surface area contributed by atoms with Crippen LogP contribution in [0, 0.1) is 23.0 Å². The highest BCUT2D eigenvalue weighted by atomic mass is 19.1. The maximum Gasteiger partial charge on any atom is 0.274 e. The lowest BCUT2D eigenvalue weighted by molar-refractivity contribution is 0.102. The zero-order valence-corrected chi connectivity index (χ0v) is 10.0. The van der Waals surface area contributed by atoms with Gasteiger partial charge in [0.1, 0.15) is 23.3 Å². The highest BCUT2D eigenvalue weighted by Gasteiger charge is 2.14. The molecule has 0 saturated heterocycles. The van der Waals surface area contributed by atoms with Crippen LogP contribution >= 0.6 is 0 Å². The van der Waals surface area contributed by atoms with Crippen molar-refractivity contribution >= 4 is 17.3 Å². The summed E-state index contributed by atoms with van der Waals surface area (Å²) in [6.45, 7) is 0. The van der Waals surface area contributed by atoms with E-state index in [1.807, 2.05) is 6.07 Å². The van der Waals surface area contributed by atoms with E-state index in [9.17, 15) is 13.6 Å². The van der Waals surface area contributed by atoms with Gasteiger partial charge in [-0.3, -0.25) is 4.79 Å². The van der Waals surface area contributed by atoms with Crippen molar-refractivity contribution in [3.05, 3.63) is 53.4 Å². The van der Waals surface area contributed by atoms with Crippen LogP contribution in [0.2, 0.25) is 0 Å². The Hall–Kier alpha value is -3.01. The number of halogens is 2. The fourth-order valence-electron chi connectivity index (χ4n) is 1.50. The second-order valence-electron chi connectivity index (χ2n) is 3.85. The summed E-state index contributed by atoms with van der Waals surface area (Å²) in [5.74, 6) is -2.54. The highest BCUT2D eigenvalue weighted by molar-refractivity contribution is 6.04. The van der Waals surface area contributed by atoms with E-state index >= 15 is 0 Å². The average molecular weight is 274 g/mol. The van der Waals surface area contributed by atoms with Crippen LogP contribution in [0.1, 0.15) is 16.1 Å². The van der Waals surface area contributed by atoms with Crippen molar-refractivity contribution in [2.75, 3.05) is 11.1 Å². The number of carbonyl (C=O) groups is 1. The summed E-state index contributed by atoms with van der Waals surface area (Å²) in [6.07, 6.45) is 1.21. The van der Waals surface area contributed by atoms with E-state index in [-0.39, 0.29) is 22.6 Å².